The summed E-state index contributed by atoms with van der Waals surface area (Å²) in [6, 6.07) is 9.95. The average Bonchev–Trinajstić information content (AvgIpc) is 2.79. The van der Waals surface area contributed by atoms with Crippen LogP contribution in [0.15, 0.2) is 35.2 Å². The summed E-state index contributed by atoms with van der Waals surface area (Å²) in [6.07, 6.45) is 8.36. The van der Waals surface area contributed by atoms with Gasteiger partial charge in [-0.15, -0.1) is 0 Å². The number of nitrogens with two attached hydrogens (primary N) is 1. The van der Waals surface area contributed by atoms with E-state index in [2.05, 4.69) is 5.32 Å². The molecule has 5 heteroatoms. The standard InChI is InChI=1S/C10H7NO2S.C6H13N/c12-9-8(14-10(13)11-9)6-7-4-2-1-3-5-7;7-6-4-2-1-3-5-6/h1-6H,(H,11,12,13);6H,1-5,7H2/b8-6+;. The van der Waals surface area contributed by atoms with Gasteiger partial charge in [-0.3, -0.25) is 14.9 Å². The zero-order valence-corrected chi connectivity index (χ0v) is 12.7. The van der Waals surface area contributed by atoms with E-state index in [1.807, 2.05) is 30.3 Å². The minimum Gasteiger partial charge on any atom is -0.328 e. The Kier molecular flexibility index (Phi) is 6.02. The highest BCUT2D eigenvalue weighted by molar-refractivity contribution is 8.18. The van der Waals surface area contributed by atoms with E-state index in [0.717, 1.165) is 17.3 Å². The first-order valence-electron chi connectivity index (χ1n) is 7.20. The van der Waals surface area contributed by atoms with Gasteiger partial charge in [0, 0.05) is 6.04 Å². The smallest absolute Gasteiger partial charge is 0.290 e. The quantitative estimate of drug-likeness (QED) is 0.781. The third-order valence-corrected chi connectivity index (χ3v) is 4.20. The van der Waals surface area contributed by atoms with Crippen molar-refractivity contribution >= 4 is 29.0 Å². The Morgan fingerprint density at radius 2 is 1.76 bits per heavy atom. The number of benzene rings is 1. The lowest BCUT2D eigenvalue weighted by Gasteiger charge is -2.15. The van der Waals surface area contributed by atoms with Gasteiger partial charge in [-0.25, -0.2) is 0 Å². The minimum atomic E-state index is -0.316. The Morgan fingerprint density at radius 3 is 2.24 bits per heavy atom. The Balaban J connectivity index is 0.000000194. The summed E-state index contributed by atoms with van der Waals surface area (Å²) in [5, 5.41) is 1.90. The fourth-order valence-corrected chi connectivity index (χ4v) is 2.94. The molecule has 1 aliphatic heterocycles. The van der Waals surface area contributed by atoms with E-state index in [0.29, 0.717) is 10.9 Å². The van der Waals surface area contributed by atoms with Gasteiger partial charge in [-0.2, -0.15) is 0 Å². The lowest BCUT2D eigenvalue weighted by molar-refractivity contribution is -0.115. The number of carbonyl (C=O) groups excluding carboxylic acids is 2. The van der Waals surface area contributed by atoms with Crippen molar-refractivity contribution in [2.75, 3.05) is 0 Å². The number of amides is 2. The van der Waals surface area contributed by atoms with Gasteiger partial charge in [0.15, 0.2) is 0 Å². The molecule has 0 spiro atoms. The molecule has 4 nitrogen and oxygen atoms in total. The van der Waals surface area contributed by atoms with Crippen molar-refractivity contribution in [3.63, 3.8) is 0 Å². The maximum Gasteiger partial charge on any atom is 0.290 e. The number of thioether (sulfide) groups is 1. The summed E-state index contributed by atoms with van der Waals surface area (Å²) in [6.45, 7) is 0. The van der Waals surface area contributed by atoms with Gasteiger partial charge in [0.25, 0.3) is 11.1 Å². The molecule has 21 heavy (non-hydrogen) atoms. The Hall–Kier alpha value is -1.59. The molecule has 1 aromatic carbocycles. The second kappa shape index (κ2) is 8.00. The Morgan fingerprint density at radius 1 is 1.10 bits per heavy atom. The highest BCUT2D eigenvalue weighted by Crippen LogP contribution is 2.25. The van der Waals surface area contributed by atoms with E-state index in [4.69, 9.17) is 5.73 Å². The lowest BCUT2D eigenvalue weighted by atomic mass is 9.97. The summed E-state index contributed by atoms with van der Waals surface area (Å²) in [7, 11) is 0. The zero-order valence-electron chi connectivity index (χ0n) is 11.9. The van der Waals surface area contributed by atoms with E-state index in [1.165, 1.54) is 32.1 Å². The normalized spacial score (nSPS) is 20.9. The van der Waals surface area contributed by atoms with Crippen LogP contribution >= 0.6 is 11.8 Å². The van der Waals surface area contributed by atoms with Crippen LogP contribution in [0.25, 0.3) is 6.08 Å². The predicted octanol–water partition coefficient (Wildman–Crippen LogP) is 3.29. The minimum absolute atomic E-state index is 0.308. The molecule has 0 radical (unpaired) electrons. The maximum atomic E-state index is 11.2. The van der Waals surface area contributed by atoms with E-state index in [1.54, 1.807) is 6.08 Å². The van der Waals surface area contributed by atoms with Crippen molar-refractivity contribution in [2.45, 2.75) is 38.1 Å². The van der Waals surface area contributed by atoms with Gasteiger partial charge in [0.2, 0.25) is 0 Å². The average molecular weight is 304 g/mol. The fourth-order valence-electron chi connectivity index (χ4n) is 2.26. The number of imide groups is 1. The van der Waals surface area contributed by atoms with Gasteiger partial charge in [0.05, 0.1) is 4.91 Å². The Bertz CT molecular complexity index is 522. The van der Waals surface area contributed by atoms with E-state index in [9.17, 15) is 9.59 Å². The molecule has 0 bridgehead atoms. The molecule has 0 aromatic heterocycles. The predicted molar refractivity (Wildman–Crippen MR) is 86.6 cm³/mol. The Labute approximate surface area is 129 Å². The van der Waals surface area contributed by atoms with Crippen molar-refractivity contribution in [3.05, 3.63) is 40.8 Å². The SMILES string of the molecule is NC1CCCCC1.O=C1NC(=O)/C(=C\c2ccccc2)S1. The van der Waals surface area contributed by atoms with Crippen LogP contribution in [0.4, 0.5) is 4.79 Å². The summed E-state index contributed by atoms with van der Waals surface area (Å²) in [5.74, 6) is -0.316. The molecule has 0 unspecified atom stereocenters. The van der Waals surface area contributed by atoms with Gasteiger partial charge < -0.3 is 5.73 Å². The van der Waals surface area contributed by atoms with Crippen LogP contribution in [0.3, 0.4) is 0 Å². The largest absolute Gasteiger partial charge is 0.328 e. The third-order valence-electron chi connectivity index (χ3n) is 3.39. The monoisotopic (exact) mass is 304 g/mol. The van der Waals surface area contributed by atoms with Crippen LogP contribution in [0, 0.1) is 0 Å². The van der Waals surface area contributed by atoms with Crippen molar-refractivity contribution in [2.24, 2.45) is 5.73 Å². The topological polar surface area (TPSA) is 72.2 Å². The molecule has 112 valence electrons. The highest BCUT2D eigenvalue weighted by atomic mass is 32.2. The summed E-state index contributed by atoms with van der Waals surface area (Å²) in [5.41, 5.74) is 6.55. The molecule has 0 atom stereocenters. The molecule has 3 N–H and O–H groups in total. The molecule has 1 aliphatic carbocycles. The van der Waals surface area contributed by atoms with Crippen LogP contribution in [0.2, 0.25) is 0 Å². The third kappa shape index (κ3) is 5.36. The van der Waals surface area contributed by atoms with Crippen LogP contribution < -0.4 is 11.1 Å². The maximum absolute atomic E-state index is 11.2. The molecule has 1 saturated heterocycles. The summed E-state index contributed by atoms with van der Waals surface area (Å²) < 4.78 is 0. The molecule has 1 heterocycles. The van der Waals surface area contributed by atoms with Gasteiger partial charge in [0.1, 0.15) is 0 Å². The number of nitrogens with one attached hydrogen (secondary N) is 1. The van der Waals surface area contributed by atoms with E-state index < -0.39 is 0 Å². The second-order valence-electron chi connectivity index (χ2n) is 5.16. The summed E-state index contributed by atoms with van der Waals surface area (Å²) in [4.78, 5) is 22.5. The molecule has 2 fully saturated rings. The summed E-state index contributed by atoms with van der Waals surface area (Å²) >= 11 is 0.930. The number of carbonyl (C=O) groups is 2. The number of hydrogen-bond acceptors (Lipinski definition) is 4. The zero-order chi connectivity index (χ0) is 15.1. The van der Waals surface area contributed by atoms with Crippen molar-refractivity contribution in [1.29, 1.82) is 0 Å². The molecular formula is C16H20N2O2S. The fraction of sp³-hybridized carbons (Fsp3) is 0.375. The first-order valence-corrected chi connectivity index (χ1v) is 8.02. The molecule has 2 aliphatic rings. The number of rotatable bonds is 1. The van der Waals surface area contributed by atoms with Crippen molar-refractivity contribution < 1.29 is 9.59 Å². The number of hydrogen-bond donors (Lipinski definition) is 2. The van der Waals surface area contributed by atoms with Crippen LogP contribution in [0.5, 0.6) is 0 Å². The van der Waals surface area contributed by atoms with Crippen molar-refractivity contribution in [3.8, 4) is 0 Å². The second-order valence-corrected chi connectivity index (χ2v) is 6.18. The van der Waals surface area contributed by atoms with Crippen LogP contribution in [-0.2, 0) is 4.79 Å². The van der Waals surface area contributed by atoms with E-state index >= 15 is 0 Å². The van der Waals surface area contributed by atoms with E-state index in [-0.39, 0.29) is 11.1 Å². The first-order chi connectivity index (χ1) is 10.1. The van der Waals surface area contributed by atoms with Gasteiger partial charge >= 0.3 is 0 Å². The molecule has 3 rings (SSSR count). The van der Waals surface area contributed by atoms with Gasteiger partial charge in [-0.1, -0.05) is 49.6 Å². The molecular weight excluding hydrogens is 284 g/mol. The highest BCUT2D eigenvalue weighted by Gasteiger charge is 2.24. The molecule has 2 amide bonds. The molecule has 1 saturated carbocycles. The lowest BCUT2D eigenvalue weighted by Crippen LogP contribution is -2.22. The van der Waals surface area contributed by atoms with Crippen LogP contribution in [0.1, 0.15) is 37.7 Å². The van der Waals surface area contributed by atoms with Crippen LogP contribution in [-0.4, -0.2) is 17.2 Å². The van der Waals surface area contributed by atoms with Crippen molar-refractivity contribution in [1.82, 2.24) is 5.32 Å². The first kappa shape index (κ1) is 15.8. The molecule has 1 aromatic rings. The van der Waals surface area contributed by atoms with Gasteiger partial charge in [-0.05, 0) is 36.2 Å².